The number of allylic oxidation sites excluding steroid dienone is 1. The molecule has 0 radical (unpaired) electrons. The summed E-state index contributed by atoms with van der Waals surface area (Å²) in [6, 6.07) is 10.2. The molecule has 1 amide bonds. The third-order valence-corrected chi connectivity index (χ3v) is 4.46. The topological polar surface area (TPSA) is 62.5 Å². The predicted octanol–water partition coefficient (Wildman–Crippen LogP) is 3.11. The van der Waals surface area contributed by atoms with Crippen molar-refractivity contribution in [2.24, 2.45) is 5.73 Å². The molecule has 0 atom stereocenters. The molecular weight excluding hydrogens is 300 g/mol. The normalized spacial score (nSPS) is 15.1. The average molecular weight is 318 g/mol. The summed E-state index contributed by atoms with van der Waals surface area (Å²) in [5.74, 6) is -0.492. The fourth-order valence-corrected chi connectivity index (χ4v) is 3.39. The molecule has 1 aromatic heterocycles. The van der Waals surface area contributed by atoms with Crippen LogP contribution in [0.1, 0.15) is 23.0 Å². The molecule has 2 aromatic rings. The lowest BCUT2D eigenvalue weighted by Gasteiger charge is -2.35. The van der Waals surface area contributed by atoms with E-state index in [1.807, 2.05) is 25.1 Å². The summed E-state index contributed by atoms with van der Waals surface area (Å²) in [5, 5.41) is 0. The lowest BCUT2D eigenvalue weighted by molar-refractivity contribution is 0.0994. The number of hydrogen-bond donors (Lipinski definition) is 1. The molecule has 120 valence electrons. The first-order valence-corrected chi connectivity index (χ1v) is 8.02. The predicted molar refractivity (Wildman–Crippen MR) is 95.3 cm³/mol. The molecule has 0 bridgehead atoms. The van der Waals surface area contributed by atoms with Gasteiger partial charge in [0.15, 0.2) is 0 Å². The van der Waals surface area contributed by atoms with E-state index in [9.17, 15) is 4.79 Å². The summed E-state index contributed by atoms with van der Waals surface area (Å²) in [5.41, 5.74) is 11.0. The van der Waals surface area contributed by atoms with E-state index in [0.29, 0.717) is 12.1 Å². The minimum absolute atomic E-state index is 0.343. The van der Waals surface area contributed by atoms with Crippen LogP contribution >= 0.6 is 0 Å². The Morgan fingerprint density at radius 2 is 2.00 bits per heavy atom. The van der Waals surface area contributed by atoms with Crippen LogP contribution in [-0.4, -0.2) is 17.4 Å². The van der Waals surface area contributed by atoms with E-state index in [1.54, 1.807) is 6.20 Å². The van der Waals surface area contributed by atoms with Crippen LogP contribution in [0, 0.1) is 0 Å². The van der Waals surface area contributed by atoms with E-state index < -0.39 is 5.91 Å². The highest BCUT2D eigenvalue weighted by molar-refractivity contribution is 5.95. The number of aromatic nitrogens is 1. The monoisotopic (exact) mass is 318 g/mol. The summed E-state index contributed by atoms with van der Waals surface area (Å²) in [6.07, 6.45) is 8.69. The quantitative estimate of drug-likeness (QED) is 0.944. The van der Waals surface area contributed by atoms with Crippen molar-refractivity contribution in [1.82, 2.24) is 4.98 Å². The van der Waals surface area contributed by atoms with Crippen molar-refractivity contribution in [2.75, 3.05) is 16.3 Å². The summed E-state index contributed by atoms with van der Waals surface area (Å²) >= 11 is 0. The Kier molecular flexibility index (Phi) is 3.34. The van der Waals surface area contributed by atoms with E-state index in [0.717, 1.165) is 34.9 Å². The van der Waals surface area contributed by atoms with Crippen molar-refractivity contribution in [3.8, 4) is 0 Å². The number of para-hydroxylation sites is 2. The van der Waals surface area contributed by atoms with Crippen LogP contribution in [0.2, 0.25) is 0 Å². The highest BCUT2D eigenvalue weighted by atomic mass is 16.1. The van der Waals surface area contributed by atoms with Gasteiger partial charge in [0.25, 0.3) is 5.91 Å². The third-order valence-electron chi connectivity index (χ3n) is 4.46. The maximum Gasteiger partial charge on any atom is 0.267 e. The summed E-state index contributed by atoms with van der Waals surface area (Å²) in [7, 11) is 0. The molecule has 0 aliphatic carbocycles. The van der Waals surface area contributed by atoms with Crippen LogP contribution < -0.4 is 15.5 Å². The van der Waals surface area contributed by atoms with Gasteiger partial charge < -0.3 is 15.5 Å². The van der Waals surface area contributed by atoms with Crippen molar-refractivity contribution in [3.63, 3.8) is 0 Å². The van der Waals surface area contributed by atoms with Crippen molar-refractivity contribution in [2.45, 2.75) is 13.3 Å². The molecule has 5 heteroatoms. The molecule has 5 nitrogen and oxygen atoms in total. The summed E-state index contributed by atoms with van der Waals surface area (Å²) < 4.78 is 0. The highest BCUT2D eigenvalue weighted by Crippen LogP contribution is 2.43. The number of fused-ring (bicyclic) bond motifs is 3. The Labute approximate surface area is 140 Å². The van der Waals surface area contributed by atoms with Gasteiger partial charge in [-0.2, -0.15) is 0 Å². The molecule has 2 aliphatic heterocycles. The number of nitrogens with zero attached hydrogens (tertiary/aromatic N) is 3. The maximum absolute atomic E-state index is 11.8. The largest absolute Gasteiger partial charge is 0.364 e. The molecule has 0 fully saturated rings. The minimum Gasteiger partial charge on any atom is -0.364 e. The molecule has 0 saturated heterocycles. The number of amides is 1. The van der Waals surface area contributed by atoms with Gasteiger partial charge in [-0.05, 0) is 30.7 Å². The zero-order valence-corrected chi connectivity index (χ0v) is 13.4. The van der Waals surface area contributed by atoms with Gasteiger partial charge in [0.2, 0.25) is 0 Å². The Hall–Kier alpha value is -3.08. The molecule has 0 spiro atoms. The highest BCUT2D eigenvalue weighted by Gasteiger charge is 2.27. The molecule has 1 aromatic carbocycles. The molecule has 0 saturated carbocycles. The standard InChI is InChI=1S/C19H18N4O/c1-2-14-15(9-10-21-18(14)19(20)24)23-12-13-6-5-11-22(13)16-7-3-4-8-17(16)23/h3-10,12H,2,11H2,1H3,(H2,20,24). The number of pyridine rings is 1. The van der Waals surface area contributed by atoms with Crippen LogP contribution in [0.4, 0.5) is 17.1 Å². The lowest BCUT2D eigenvalue weighted by atomic mass is 10.1. The molecule has 0 unspecified atom stereocenters. The van der Waals surface area contributed by atoms with Gasteiger partial charge in [0.05, 0.1) is 22.8 Å². The second-order valence-corrected chi connectivity index (χ2v) is 5.80. The van der Waals surface area contributed by atoms with Crippen LogP contribution in [0.3, 0.4) is 0 Å². The third kappa shape index (κ3) is 2.09. The number of primary amides is 1. The molecule has 2 aliphatic rings. The van der Waals surface area contributed by atoms with E-state index >= 15 is 0 Å². The van der Waals surface area contributed by atoms with Crippen molar-refractivity contribution < 1.29 is 4.79 Å². The van der Waals surface area contributed by atoms with Crippen molar-refractivity contribution in [3.05, 3.63) is 71.8 Å². The first-order valence-electron chi connectivity index (χ1n) is 8.02. The van der Waals surface area contributed by atoms with Gasteiger partial charge in [0.1, 0.15) is 5.69 Å². The Balaban J connectivity index is 1.93. The zero-order chi connectivity index (χ0) is 16.7. The number of nitrogens with two attached hydrogens (primary N) is 1. The molecule has 3 heterocycles. The second kappa shape index (κ2) is 5.53. The van der Waals surface area contributed by atoms with Crippen molar-refractivity contribution in [1.29, 1.82) is 0 Å². The van der Waals surface area contributed by atoms with Gasteiger partial charge in [-0.3, -0.25) is 9.78 Å². The number of benzene rings is 1. The van der Waals surface area contributed by atoms with Gasteiger partial charge in [0, 0.05) is 24.5 Å². The number of carbonyl (C=O) groups is 1. The lowest BCUT2D eigenvalue weighted by Crippen LogP contribution is -2.28. The van der Waals surface area contributed by atoms with Crippen LogP contribution in [0.15, 0.2) is 60.6 Å². The van der Waals surface area contributed by atoms with E-state index in [2.05, 4.69) is 45.3 Å². The molecule has 2 N–H and O–H groups in total. The van der Waals surface area contributed by atoms with Gasteiger partial charge in [-0.15, -0.1) is 0 Å². The second-order valence-electron chi connectivity index (χ2n) is 5.80. The molecule has 24 heavy (non-hydrogen) atoms. The van der Waals surface area contributed by atoms with Crippen LogP contribution in [-0.2, 0) is 6.42 Å². The van der Waals surface area contributed by atoms with Crippen LogP contribution in [0.5, 0.6) is 0 Å². The van der Waals surface area contributed by atoms with Gasteiger partial charge in [-0.1, -0.05) is 25.1 Å². The summed E-state index contributed by atoms with van der Waals surface area (Å²) in [4.78, 5) is 20.3. The zero-order valence-electron chi connectivity index (χ0n) is 13.4. The van der Waals surface area contributed by atoms with Gasteiger partial charge >= 0.3 is 0 Å². The number of anilines is 3. The first-order chi connectivity index (χ1) is 11.7. The fourth-order valence-electron chi connectivity index (χ4n) is 3.39. The number of hydrogen-bond acceptors (Lipinski definition) is 4. The summed E-state index contributed by atoms with van der Waals surface area (Å²) in [6.45, 7) is 2.89. The van der Waals surface area contributed by atoms with Gasteiger partial charge in [-0.25, -0.2) is 0 Å². The smallest absolute Gasteiger partial charge is 0.267 e. The van der Waals surface area contributed by atoms with Crippen LogP contribution in [0.25, 0.3) is 0 Å². The Morgan fingerprint density at radius 1 is 1.21 bits per heavy atom. The maximum atomic E-state index is 11.8. The van der Waals surface area contributed by atoms with E-state index in [1.165, 1.54) is 0 Å². The SMILES string of the molecule is CCc1c(N2C=C3C=CCN3c3ccccc32)ccnc1C(N)=O. The number of rotatable bonds is 3. The number of carbonyl (C=O) groups excluding carboxylic acids is 1. The van der Waals surface area contributed by atoms with Crippen molar-refractivity contribution >= 4 is 23.0 Å². The van der Waals surface area contributed by atoms with E-state index in [-0.39, 0.29) is 0 Å². The minimum atomic E-state index is -0.492. The molecule has 4 rings (SSSR count). The Bertz CT molecular complexity index is 885. The average Bonchev–Trinajstić information content (AvgIpc) is 3.09. The van der Waals surface area contributed by atoms with E-state index in [4.69, 9.17) is 5.73 Å². The fraction of sp³-hybridized carbons (Fsp3) is 0.158. The first kappa shape index (κ1) is 14.5. The Morgan fingerprint density at radius 3 is 2.75 bits per heavy atom. The molecular formula is C19H18N4O.